The van der Waals surface area contributed by atoms with Crippen molar-refractivity contribution in [1.29, 1.82) is 0 Å². The number of aryl methyl sites for hydroxylation is 1. The maximum Gasteiger partial charge on any atom is 0.242 e. The van der Waals surface area contributed by atoms with Crippen molar-refractivity contribution in [2.24, 2.45) is 0 Å². The lowest BCUT2D eigenvalue weighted by Crippen LogP contribution is -2.46. The summed E-state index contributed by atoms with van der Waals surface area (Å²) in [6.45, 7) is 4.47. The number of amides is 2. The number of rotatable bonds is 3. The van der Waals surface area contributed by atoms with Gasteiger partial charge in [0.1, 0.15) is 6.10 Å². The normalized spacial score (nSPS) is 22.2. The number of carbonyl (C=O) groups is 2. The Morgan fingerprint density at radius 1 is 1.45 bits per heavy atom. The van der Waals surface area contributed by atoms with Crippen LogP contribution in [0.25, 0.3) is 0 Å². The third kappa shape index (κ3) is 3.27. The van der Waals surface area contributed by atoms with Crippen LogP contribution in [0.1, 0.15) is 30.2 Å². The van der Waals surface area contributed by atoms with Crippen molar-refractivity contribution in [3.8, 4) is 0 Å². The second-order valence-electron chi connectivity index (χ2n) is 5.85. The van der Waals surface area contributed by atoms with Gasteiger partial charge >= 0.3 is 0 Å². The minimum atomic E-state index is -0.117. The highest BCUT2D eigenvalue weighted by Crippen LogP contribution is 2.22. The molecule has 0 unspecified atom stereocenters. The Morgan fingerprint density at radius 2 is 2.32 bits per heavy atom. The van der Waals surface area contributed by atoms with Crippen LogP contribution in [0.2, 0.25) is 0 Å². The third-order valence-corrected chi connectivity index (χ3v) is 4.21. The molecule has 2 fully saturated rings. The predicted octanol–water partition coefficient (Wildman–Crippen LogP) is 0.912. The third-order valence-electron chi connectivity index (χ3n) is 4.21. The van der Waals surface area contributed by atoms with Gasteiger partial charge < -0.3 is 14.5 Å². The summed E-state index contributed by atoms with van der Waals surface area (Å²) in [4.78, 5) is 31.7. The maximum absolute atomic E-state index is 12.4. The van der Waals surface area contributed by atoms with Crippen molar-refractivity contribution < 1.29 is 14.3 Å². The zero-order valence-corrected chi connectivity index (χ0v) is 12.8. The average Bonchev–Trinajstić information content (AvgIpc) is 2.92. The number of carbonyl (C=O) groups excluding carboxylic acids is 2. The van der Waals surface area contributed by atoms with E-state index < -0.39 is 0 Å². The van der Waals surface area contributed by atoms with Crippen LogP contribution in [0.4, 0.5) is 0 Å². The molecule has 2 aliphatic heterocycles. The molecule has 0 radical (unpaired) electrons. The SMILES string of the molecule is Cc1cc([C@@H]2CN(C(=O)CN3CCCC3=O)CCO2)ccn1. The molecule has 2 aliphatic rings. The second kappa shape index (κ2) is 6.44. The van der Waals surface area contributed by atoms with Crippen LogP contribution >= 0.6 is 0 Å². The van der Waals surface area contributed by atoms with E-state index in [1.807, 2.05) is 19.1 Å². The van der Waals surface area contributed by atoms with E-state index >= 15 is 0 Å². The number of hydrogen-bond acceptors (Lipinski definition) is 4. The quantitative estimate of drug-likeness (QED) is 0.833. The van der Waals surface area contributed by atoms with Crippen molar-refractivity contribution >= 4 is 11.8 Å². The minimum absolute atomic E-state index is 0.00864. The molecule has 0 bridgehead atoms. The van der Waals surface area contributed by atoms with Gasteiger partial charge in [-0.1, -0.05) is 0 Å². The largest absolute Gasteiger partial charge is 0.370 e. The van der Waals surface area contributed by atoms with E-state index in [4.69, 9.17) is 4.74 Å². The van der Waals surface area contributed by atoms with Crippen LogP contribution in [0, 0.1) is 6.92 Å². The highest BCUT2D eigenvalue weighted by molar-refractivity contribution is 5.86. The van der Waals surface area contributed by atoms with E-state index in [1.165, 1.54) is 0 Å². The Kier molecular flexibility index (Phi) is 4.38. The maximum atomic E-state index is 12.4. The van der Waals surface area contributed by atoms with Gasteiger partial charge in [-0.3, -0.25) is 14.6 Å². The fourth-order valence-electron chi connectivity index (χ4n) is 2.98. The molecule has 0 aromatic carbocycles. The number of pyridine rings is 1. The summed E-state index contributed by atoms with van der Waals surface area (Å²) >= 11 is 0. The minimum Gasteiger partial charge on any atom is -0.370 e. The number of ether oxygens (including phenoxy) is 1. The van der Waals surface area contributed by atoms with Gasteiger partial charge in [0.15, 0.2) is 0 Å². The molecule has 0 aliphatic carbocycles. The van der Waals surface area contributed by atoms with E-state index in [-0.39, 0.29) is 24.5 Å². The molecule has 0 spiro atoms. The molecule has 3 rings (SSSR count). The van der Waals surface area contributed by atoms with Gasteiger partial charge in [0.25, 0.3) is 0 Å². The number of aromatic nitrogens is 1. The monoisotopic (exact) mass is 303 g/mol. The van der Waals surface area contributed by atoms with Gasteiger partial charge in [0.2, 0.25) is 11.8 Å². The molecule has 2 saturated heterocycles. The van der Waals surface area contributed by atoms with Gasteiger partial charge in [-0.15, -0.1) is 0 Å². The number of likely N-dealkylation sites (tertiary alicyclic amines) is 1. The Morgan fingerprint density at radius 3 is 3.05 bits per heavy atom. The molecule has 1 aromatic rings. The van der Waals surface area contributed by atoms with E-state index in [2.05, 4.69) is 4.98 Å². The molecule has 118 valence electrons. The van der Waals surface area contributed by atoms with Crippen LogP contribution in [0.3, 0.4) is 0 Å². The first-order valence-electron chi connectivity index (χ1n) is 7.73. The Hall–Kier alpha value is -1.95. The average molecular weight is 303 g/mol. The molecule has 1 aromatic heterocycles. The number of hydrogen-bond donors (Lipinski definition) is 0. The number of morpholine rings is 1. The van der Waals surface area contributed by atoms with Crippen molar-refractivity contribution in [2.75, 3.05) is 32.8 Å². The molecule has 0 N–H and O–H groups in total. The van der Waals surface area contributed by atoms with Crippen molar-refractivity contribution in [2.45, 2.75) is 25.9 Å². The van der Waals surface area contributed by atoms with Crippen molar-refractivity contribution in [3.63, 3.8) is 0 Å². The highest BCUT2D eigenvalue weighted by Gasteiger charge is 2.29. The van der Waals surface area contributed by atoms with Gasteiger partial charge in [0.05, 0.1) is 19.7 Å². The fraction of sp³-hybridized carbons (Fsp3) is 0.562. The second-order valence-corrected chi connectivity index (χ2v) is 5.85. The van der Waals surface area contributed by atoms with Crippen LogP contribution in [-0.2, 0) is 14.3 Å². The van der Waals surface area contributed by atoms with Gasteiger partial charge in [-0.2, -0.15) is 0 Å². The Balaban J connectivity index is 1.62. The first kappa shape index (κ1) is 15.0. The van der Waals surface area contributed by atoms with E-state index in [1.54, 1.807) is 16.0 Å². The summed E-state index contributed by atoms with van der Waals surface area (Å²) in [6, 6.07) is 3.91. The Bertz CT molecular complexity index is 576. The number of nitrogens with zero attached hydrogens (tertiary/aromatic N) is 3. The zero-order chi connectivity index (χ0) is 15.5. The molecule has 22 heavy (non-hydrogen) atoms. The summed E-state index contributed by atoms with van der Waals surface area (Å²) in [6.07, 6.45) is 3.06. The van der Waals surface area contributed by atoms with Crippen LogP contribution < -0.4 is 0 Å². The molecule has 6 nitrogen and oxygen atoms in total. The standard InChI is InChI=1S/C16H21N3O3/c1-12-9-13(4-5-17-12)14-10-19(7-8-22-14)16(21)11-18-6-2-3-15(18)20/h4-5,9,14H,2-3,6-8,10-11H2,1H3/t14-/m0/s1. The lowest BCUT2D eigenvalue weighted by atomic mass is 10.1. The molecule has 6 heteroatoms. The molecule has 0 saturated carbocycles. The lowest BCUT2D eigenvalue weighted by molar-refractivity contribution is -0.143. The van der Waals surface area contributed by atoms with Crippen molar-refractivity contribution in [3.05, 3.63) is 29.6 Å². The van der Waals surface area contributed by atoms with Gasteiger partial charge in [-0.25, -0.2) is 0 Å². The summed E-state index contributed by atoms with van der Waals surface area (Å²) in [5.41, 5.74) is 1.98. The highest BCUT2D eigenvalue weighted by atomic mass is 16.5. The first-order valence-corrected chi connectivity index (χ1v) is 7.73. The van der Waals surface area contributed by atoms with Crippen LogP contribution in [0.5, 0.6) is 0 Å². The molecular formula is C16H21N3O3. The Labute approximate surface area is 130 Å². The zero-order valence-electron chi connectivity index (χ0n) is 12.8. The fourth-order valence-corrected chi connectivity index (χ4v) is 2.98. The topological polar surface area (TPSA) is 62.7 Å². The van der Waals surface area contributed by atoms with Crippen LogP contribution in [-0.4, -0.2) is 59.4 Å². The summed E-state index contributed by atoms with van der Waals surface area (Å²) in [5, 5.41) is 0. The molecule has 1 atom stereocenters. The molecule has 3 heterocycles. The predicted molar refractivity (Wildman–Crippen MR) is 80.1 cm³/mol. The summed E-state index contributed by atoms with van der Waals surface area (Å²) < 4.78 is 5.79. The molecular weight excluding hydrogens is 282 g/mol. The van der Waals surface area contributed by atoms with E-state index in [9.17, 15) is 9.59 Å². The van der Waals surface area contributed by atoms with Gasteiger partial charge in [-0.05, 0) is 31.0 Å². The first-order chi connectivity index (χ1) is 10.6. The molecule has 2 amide bonds. The van der Waals surface area contributed by atoms with Crippen LogP contribution in [0.15, 0.2) is 18.3 Å². The van der Waals surface area contributed by atoms with E-state index in [0.29, 0.717) is 32.7 Å². The summed E-state index contributed by atoms with van der Waals surface area (Å²) in [7, 11) is 0. The summed E-state index contributed by atoms with van der Waals surface area (Å²) in [5.74, 6) is 0.0947. The van der Waals surface area contributed by atoms with Crippen molar-refractivity contribution in [1.82, 2.24) is 14.8 Å². The smallest absolute Gasteiger partial charge is 0.242 e. The lowest BCUT2D eigenvalue weighted by Gasteiger charge is -2.34. The van der Waals surface area contributed by atoms with Gasteiger partial charge in [0, 0.05) is 31.4 Å². The van der Waals surface area contributed by atoms with E-state index in [0.717, 1.165) is 17.7 Å².